The molecule has 0 heterocycles. The van der Waals surface area contributed by atoms with E-state index in [1.807, 2.05) is 13.0 Å². The Morgan fingerprint density at radius 2 is 2.23 bits per heavy atom. The van der Waals surface area contributed by atoms with Crippen LogP contribution < -0.4 is 0 Å². The lowest BCUT2D eigenvalue weighted by atomic mass is 10.1. The molecule has 0 unspecified atom stereocenters. The molecule has 0 aliphatic carbocycles. The van der Waals surface area contributed by atoms with E-state index in [0.717, 1.165) is 9.13 Å². The van der Waals surface area contributed by atoms with Gasteiger partial charge in [-0.2, -0.15) is 0 Å². The summed E-state index contributed by atoms with van der Waals surface area (Å²) in [6.45, 7) is 1.90. The summed E-state index contributed by atoms with van der Waals surface area (Å²) in [5, 5.41) is 0.872. The minimum atomic E-state index is 0.0200. The van der Waals surface area contributed by atoms with Gasteiger partial charge >= 0.3 is 0 Å². The van der Waals surface area contributed by atoms with Crippen molar-refractivity contribution in [3.63, 3.8) is 0 Å². The first-order valence-corrected chi connectivity index (χ1v) is 6.19. The van der Waals surface area contributed by atoms with Gasteiger partial charge in [-0.1, -0.05) is 27.5 Å². The second kappa shape index (κ2) is 4.75. The number of halogens is 3. The summed E-state index contributed by atoms with van der Waals surface area (Å²) in [5.74, 6) is 0.0200. The molecule has 1 rings (SSSR count). The lowest BCUT2D eigenvalue weighted by Gasteiger charge is -2.05. The maximum absolute atomic E-state index is 11.4. The molecular formula is C9H7BrClIO. The molecule has 0 spiro atoms. The fourth-order valence-corrected chi connectivity index (χ4v) is 2.30. The fraction of sp³-hybridized carbons (Fsp3) is 0.222. The van der Waals surface area contributed by atoms with Crippen LogP contribution in [0.15, 0.2) is 12.1 Å². The number of hydrogen-bond acceptors (Lipinski definition) is 1. The van der Waals surface area contributed by atoms with Crippen molar-refractivity contribution in [3.8, 4) is 0 Å². The van der Waals surface area contributed by atoms with Gasteiger partial charge in [0.1, 0.15) is 0 Å². The van der Waals surface area contributed by atoms with Gasteiger partial charge in [0.15, 0.2) is 5.78 Å². The van der Waals surface area contributed by atoms with Gasteiger partial charge in [0.25, 0.3) is 0 Å². The van der Waals surface area contributed by atoms with E-state index >= 15 is 0 Å². The summed E-state index contributed by atoms with van der Waals surface area (Å²) in [6.07, 6.45) is 0. The highest BCUT2D eigenvalue weighted by atomic mass is 127. The molecule has 0 saturated heterocycles. The molecule has 0 fully saturated rings. The molecule has 0 amide bonds. The van der Waals surface area contributed by atoms with Crippen LogP contribution in [0.4, 0.5) is 0 Å². The standard InChI is InChI=1S/C9H7BrClIO/c1-5-2-6(12)3-7(9(5)11)8(13)4-10/h2-3H,4H2,1H3. The Labute approximate surface area is 104 Å². The predicted octanol–water partition coefficient (Wildman–Crippen LogP) is 3.83. The van der Waals surface area contributed by atoms with Crippen LogP contribution in [0.25, 0.3) is 0 Å². The van der Waals surface area contributed by atoms with E-state index in [2.05, 4.69) is 38.5 Å². The summed E-state index contributed by atoms with van der Waals surface area (Å²) in [4.78, 5) is 11.4. The maximum atomic E-state index is 11.4. The van der Waals surface area contributed by atoms with Gasteiger partial charge in [-0.05, 0) is 47.2 Å². The Bertz CT molecular complexity index is 352. The van der Waals surface area contributed by atoms with E-state index in [9.17, 15) is 4.79 Å². The monoisotopic (exact) mass is 372 g/mol. The van der Waals surface area contributed by atoms with Crippen molar-refractivity contribution in [2.45, 2.75) is 6.92 Å². The minimum absolute atomic E-state index is 0.0200. The molecular weight excluding hydrogens is 366 g/mol. The van der Waals surface area contributed by atoms with Crippen LogP contribution in [0.2, 0.25) is 5.02 Å². The first-order chi connectivity index (χ1) is 6.06. The smallest absolute Gasteiger partial charge is 0.174 e. The fourth-order valence-electron chi connectivity index (χ4n) is 1.00. The largest absolute Gasteiger partial charge is 0.293 e. The normalized spacial score (nSPS) is 10.2. The summed E-state index contributed by atoms with van der Waals surface area (Å²) >= 11 is 11.3. The number of carbonyl (C=O) groups is 1. The van der Waals surface area contributed by atoms with E-state index in [4.69, 9.17) is 11.6 Å². The molecule has 13 heavy (non-hydrogen) atoms. The van der Waals surface area contributed by atoms with Crippen LogP contribution in [-0.2, 0) is 0 Å². The van der Waals surface area contributed by atoms with Gasteiger partial charge in [0, 0.05) is 9.13 Å². The van der Waals surface area contributed by atoms with Crippen molar-refractivity contribution in [1.29, 1.82) is 0 Å². The van der Waals surface area contributed by atoms with Crippen molar-refractivity contribution in [2.24, 2.45) is 0 Å². The average Bonchev–Trinajstić information content (AvgIpc) is 2.10. The number of carbonyl (C=O) groups excluding carboxylic acids is 1. The summed E-state index contributed by atoms with van der Waals surface area (Å²) in [6, 6.07) is 3.76. The zero-order valence-electron chi connectivity index (χ0n) is 6.90. The summed E-state index contributed by atoms with van der Waals surface area (Å²) in [5.41, 5.74) is 1.54. The number of aryl methyl sites for hydroxylation is 1. The van der Waals surface area contributed by atoms with E-state index in [-0.39, 0.29) is 5.78 Å². The maximum Gasteiger partial charge on any atom is 0.174 e. The van der Waals surface area contributed by atoms with Crippen molar-refractivity contribution >= 4 is 55.9 Å². The quantitative estimate of drug-likeness (QED) is 0.437. The van der Waals surface area contributed by atoms with Gasteiger partial charge in [0.2, 0.25) is 0 Å². The van der Waals surface area contributed by atoms with Gasteiger partial charge in [-0.25, -0.2) is 0 Å². The Morgan fingerprint density at radius 1 is 1.62 bits per heavy atom. The van der Waals surface area contributed by atoms with E-state index in [0.29, 0.717) is 15.9 Å². The minimum Gasteiger partial charge on any atom is -0.293 e. The number of benzene rings is 1. The molecule has 70 valence electrons. The van der Waals surface area contributed by atoms with Crippen molar-refractivity contribution in [3.05, 3.63) is 31.9 Å². The van der Waals surface area contributed by atoms with Crippen LogP contribution in [-0.4, -0.2) is 11.1 Å². The molecule has 0 aliphatic rings. The number of Topliss-reactive ketones (excluding diaryl/α,β-unsaturated/α-hetero) is 1. The topological polar surface area (TPSA) is 17.1 Å². The second-order valence-electron chi connectivity index (χ2n) is 2.64. The van der Waals surface area contributed by atoms with Crippen LogP contribution >= 0.6 is 50.1 Å². The molecule has 0 aromatic heterocycles. The number of rotatable bonds is 2. The lowest BCUT2D eigenvalue weighted by Crippen LogP contribution is -2.02. The third-order valence-corrected chi connectivity index (χ3v) is 3.27. The predicted molar refractivity (Wildman–Crippen MR) is 67.0 cm³/mol. The number of hydrogen-bond donors (Lipinski definition) is 0. The van der Waals surface area contributed by atoms with Gasteiger partial charge in [0.05, 0.1) is 10.4 Å². The number of ketones is 1. The van der Waals surface area contributed by atoms with Crippen LogP contribution in [0.1, 0.15) is 15.9 Å². The van der Waals surface area contributed by atoms with Crippen molar-refractivity contribution in [1.82, 2.24) is 0 Å². The molecule has 0 radical (unpaired) electrons. The molecule has 0 saturated carbocycles. The second-order valence-corrected chi connectivity index (χ2v) is 4.83. The molecule has 0 atom stereocenters. The zero-order valence-corrected chi connectivity index (χ0v) is 11.4. The van der Waals surface area contributed by atoms with E-state index in [1.54, 1.807) is 6.07 Å². The van der Waals surface area contributed by atoms with Gasteiger partial charge in [-0.15, -0.1) is 0 Å². The third kappa shape index (κ3) is 2.67. The van der Waals surface area contributed by atoms with Crippen molar-refractivity contribution in [2.75, 3.05) is 5.33 Å². The first-order valence-electron chi connectivity index (χ1n) is 3.61. The molecule has 4 heteroatoms. The summed E-state index contributed by atoms with van der Waals surface area (Å²) in [7, 11) is 0. The average molecular weight is 373 g/mol. The molecule has 0 aliphatic heterocycles. The summed E-state index contributed by atoms with van der Waals surface area (Å²) < 4.78 is 1.03. The first kappa shape index (κ1) is 11.5. The molecule has 1 aromatic rings. The SMILES string of the molecule is Cc1cc(I)cc(C(=O)CBr)c1Cl. The highest BCUT2D eigenvalue weighted by molar-refractivity contribution is 14.1. The zero-order chi connectivity index (χ0) is 10.0. The molecule has 1 aromatic carbocycles. The van der Waals surface area contributed by atoms with E-state index < -0.39 is 0 Å². The number of alkyl halides is 1. The van der Waals surface area contributed by atoms with Crippen molar-refractivity contribution < 1.29 is 4.79 Å². The third-order valence-electron chi connectivity index (χ3n) is 1.64. The molecule has 1 nitrogen and oxygen atoms in total. The highest BCUT2D eigenvalue weighted by Gasteiger charge is 2.11. The Kier molecular flexibility index (Phi) is 4.19. The Morgan fingerprint density at radius 3 is 2.77 bits per heavy atom. The van der Waals surface area contributed by atoms with Crippen LogP contribution in [0.5, 0.6) is 0 Å². The Balaban J connectivity index is 3.28. The molecule has 0 bridgehead atoms. The van der Waals surface area contributed by atoms with Gasteiger partial charge in [-0.3, -0.25) is 4.79 Å². The van der Waals surface area contributed by atoms with E-state index in [1.165, 1.54) is 0 Å². The highest BCUT2D eigenvalue weighted by Crippen LogP contribution is 2.24. The Hall–Kier alpha value is 0.390. The lowest BCUT2D eigenvalue weighted by molar-refractivity contribution is 0.102. The molecule has 0 N–H and O–H groups in total. The van der Waals surface area contributed by atoms with Gasteiger partial charge < -0.3 is 0 Å². The van der Waals surface area contributed by atoms with Crippen LogP contribution in [0, 0.1) is 10.5 Å². The van der Waals surface area contributed by atoms with Crippen LogP contribution in [0.3, 0.4) is 0 Å².